The van der Waals surface area contributed by atoms with Crippen molar-refractivity contribution in [2.24, 2.45) is 0 Å². The third-order valence-electron chi connectivity index (χ3n) is 5.23. The first-order valence-corrected chi connectivity index (χ1v) is 8.85. The minimum Gasteiger partial charge on any atom is -0.378 e. The summed E-state index contributed by atoms with van der Waals surface area (Å²) in [4.78, 5) is 16.9. The maximum absolute atomic E-state index is 12.5. The first-order valence-electron chi connectivity index (χ1n) is 8.85. The van der Waals surface area contributed by atoms with E-state index in [-0.39, 0.29) is 12.0 Å². The van der Waals surface area contributed by atoms with Crippen molar-refractivity contribution in [2.75, 3.05) is 37.7 Å². The van der Waals surface area contributed by atoms with Gasteiger partial charge in [-0.2, -0.15) is 0 Å². The summed E-state index contributed by atoms with van der Waals surface area (Å²) in [5, 5.41) is 0. The molecule has 2 heterocycles. The molecule has 2 saturated heterocycles. The molecule has 2 aliphatic heterocycles. The van der Waals surface area contributed by atoms with Gasteiger partial charge in [-0.15, -0.1) is 0 Å². The zero-order valence-corrected chi connectivity index (χ0v) is 14.4. The van der Waals surface area contributed by atoms with E-state index in [1.807, 2.05) is 4.90 Å². The molecule has 0 aliphatic carbocycles. The van der Waals surface area contributed by atoms with E-state index >= 15 is 0 Å². The van der Waals surface area contributed by atoms with Gasteiger partial charge in [0.1, 0.15) is 0 Å². The molecule has 0 aromatic heterocycles. The molecule has 0 radical (unpaired) electrons. The van der Waals surface area contributed by atoms with Crippen LogP contribution < -0.4 is 4.90 Å². The lowest BCUT2D eigenvalue weighted by Gasteiger charge is -2.37. The van der Waals surface area contributed by atoms with Gasteiger partial charge in [0.05, 0.1) is 12.5 Å². The van der Waals surface area contributed by atoms with Crippen LogP contribution >= 0.6 is 0 Å². The van der Waals surface area contributed by atoms with E-state index in [0.29, 0.717) is 6.42 Å². The summed E-state index contributed by atoms with van der Waals surface area (Å²) in [5.41, 5.74) is 3.99. The van der Waals surface area contributed by atoms with Gasteiger partial charge in [0, 0.05) is 38.5 Å². The molecule has 23 heavy (non-hydrogen) atoms. The van der Waals surface area contributed by atoms with E-state index < -0.39 is 0 Å². The van der Waals surface area contributed by atoms with Gasteiger partial charge in [0.15, 0.2) is 0 Å². The summed E-state index contributed by atoms with van der Waals surface area (Å²) in [6.07, 6.45) is 4.07. The number of carbonyl (C=O) groups is 1. The van der Waals surface area contributed by atoms with Crippen LogP contribution in [0.5, 0.6) is 0 Å². The standard InChI is InChI=1S/C19H28N2O2/c1-15-6-5-8-18(16(15)2)20-9-11-21(12-10-20)19(22)14-17-7-3-4-13-23-17/h5-6,8,17H,3-4,7,9-14H2,1-2H3. The van der Waals surface area contributed by atoms with Crippen molar-refractivity contribution >= 4 is 11.6 Å². The number of carbonyl (C=O) groups excluding carboxylic acids is 1. The van der Waals surface area contributed by atoms with Crippen molar-refractivity contribution < 1.29 is 9.53 Å². The Morgan fingerprint density at radius 3 is 2.65 bits per heavy atom. The van der Waals surface area contributed by atoms with E-state index in [4.69, 9.17) is 4.74 Å². The lowest BCUT2D eigenvalue weighted by atomic mass is 10.0. The second-order valence-corrected chi connectivity index (χ2v) is 6.78. The summed E-state index contributed by atoms with van der Waals surface area (Å²) in [5.74, 6) is 0.262. The Hall–Kier alpha value is -1.55. The largest absolute Gasteiger partial charge is 0.378 e. The molecule has 1 aromatic carbocycles. The second-order valence-electron chi connectivity index (χ2n) is 6.78. The molecule has 0 spiro atoms. The average Bonchev–Trinajstić information content (AvgIpc) is 2.58. The van der Waals surface area contributed by atoms with Gasteiger partial charge < -0.3 is 14.5 Å². The van der Waals surface area contributed by atoms with E-state index in [9.17, 15) is 4.79 Å². The third-order valence-corrected chi connectivity index (χ3v) is 5.23. The number of benzene rings is 1. The molecule has 1 amide bonds. The molecule has 0 saturated carbocycles. The van der Waals surface area contributed by atoms with Crippen LogP contribution in [0.4, 0.5) is 5.69 Å². The van der Waals surface area contributed by atoms with Crippen molar-refractivity contribution in [1.82, 2.24) is 4.90 Å². The van der Waals surface area contributed by atoms with Crippen LogP contribution in [0, 0.1) is 13.8 Å². The smallest absolute Gasteiger partial charge is 0.225 e. The first-order chi connectivity index (χ1) is 11.1. The Balaban J connectivity index is 1.53. The lowest BCUT2D eigenvalue weighted by molar-refractivity contribution is -0.135. The third kappa shape index (κ3) is 3.86. The van der Waals surface area contributed by atoms with Crippen LogP contribution in [0.3, 0.4) is 0 Å². The fourth-order valence-corrected chi connectivity index (χ4v) is 3.57. The Kier molecular flexibility index (Phi) is 5.21. The number of hydrogen-bond acceptors (Lipinski definition) is 3. The highest BCUT2D eigenvalue weighted by atomic mass is 16.5. The Bertz CT molecular complexity index is 544. The van der Waals surface area contributed by atoms with Crippen LogP contribution in [0.2, 0.25) is 0 Å². The van der Waals surface area contributed by atoms with Crippen molar-refractivity contribution in [3.63, 3.8) is 0 Å². The molecule has 2 aliphatic rings. The molecule has 0 N–H and O–H groups in total. The summed E-state index contributed by atoms with van der Waals surface area (Å²) < 4.78 is 5.70. The number of aryl methyl sites for hydroxylation is 1. The maximum Gasteiger partial charge on any atom is 0.225 e. The molecule has 4 heteroatoms. The number of amides is 1. The topological polar surface area (TPSA) is 32.8 Å². The van der Waals surface area contributed by atoms with Gasteiger partial charge >= 0.3 is 0 Å². The number of nitrogens with zero attached hydrogens (tertiary/aromatic N) is 2. The van der Waals surface area contributed by atoms with Crippen LogP contribution in [0.15, 0.2) is 18.2 Å². The summed E-state index contributed by atoms with van der Waals surface area (Å²) in [7, 11) is 0. The van der Waals surface area contributed by atoms with Gasteiger partial charge in [-0.3, -0.25) is 4.79 Å². The maximum atomic E-state index is 12.5. The SMILES string of the molecule is Cc1cccc(N2CCN(C(=O)CC3CCCCO3)CC2)c1C. The Morgan fingerprint density at radius 1 is 1.17 bits per heavy atom. The van der Waals surface area contributed by atoms with Gasteiger partial charge in [-0.1, -0.05) is 12.1 Å². The molecule has 1 aromatic rings. The normalized spacial score (nSPS) is 22.3. The van der Waals surface area contributed by atoms with Crippen LogP contribution in [-0.4, -0.2) is 49.7 Å². The van der Waals surface area contributed by atoms with Crippen LogP contribution in [0.1, 0.15) is 36.8 Å². The zero-order valence-electron chi connectivity index (χ0n) is 14.4. The fourth-order valence-electron chi connectivity index (χ4n) is 3.57. The second kappa shape index (κ2) is 7.35. The lowest BCUT2D eigenvalue weighted by Crippen LogP contribution is -2.49. The number of piperazine rings is 1. The molecule has 3 rings (SSSR count). The summed E-state index contributed by atoms with van der Waals surface area (Å²) in [6.45, 7) is 8.63. The van der Waals surface area contributed by atoms with Gasteiger partial charge in [0.25, 0.3) is 0 Å². The summed E-state index contributed by atoms with van der Waals surface area (Å²) in [6, 6.07) is 6.47. The van der Waals surface area contributed by atoms with Crippen LogP contribution in [-0.2, 0) is 9.53 Å². The number of hydrogen-bond donors (Lipinski definition) is 0. The fraction of sp³-hybridized carbons (Fsp3) is 0.632. The van der Waals surface area contributed by atoms with Crippen LogP contribution in [0.25, 0.3) is 0 Å². The van der Waals surface area contributed by atoms with Crippen molar-refractivity contribution in [1.29, 1.82) is 0 Å². The molecular formula is C19H28N2O2. The minimum atomic E-state index is 0.147. The highest BCUT2D eigenvalue weighted by Gasteiger charge is 2.25. The molecule has 1 unspecified atom stereocenters. The summed E-state index contributed by atoms with van der Waals surface area (Å²) >= 11 is 0. The highest BCUT2D eigenvalue weighted by Crippen LogP contribution is 2.24. The molecule has 126 valence electrons. The minimum absolute atomic E-state index is 0.147. The van der Waals surface area contributed by atoms with Gasteiger partial charge in [0.2, 0.25) is 5.91 Å². The van der Waals surface area contributed by atoms with E-state index in [2.05, 4.69) is 36.9 Å². The van der Waals surface area contributed by atoms with Crippen molar-refractivity contribution in [2.45, 2.75) is 45.6 Å². The average molecular weight is 316 g/mol. The van der Waals surface area contributed by atoms with Crippen molar-refractivity contribution in [3.8, 4) is 0 Å². The van der Waals surface area contributed by atoms with Gasteiger partial charge in [-0.25, -0.2) is 0 Å². The highest BCUT2D eigenvalue weighted by molar-refractivity contribution is 5.77. The molecule has 1 atom stereocenters. The number of anilines is 1. The molecule has 2 fully saturated rings. The van der Waals surface area contributed by atoms with E-state index in [1.54, 1.807) is 0 Å². The van der Waals surface area contributed by atoms with Crippen molar-refractivity contribution in [3.05, 3.63) is 29.3 Å². The van der Waals surface area contributed by atoms with Gasteiger partial charge in [-0.05, 0) is 50.3 Å². The monoisotopic (exact) mass is 316 g/mol. The predicted octanol–water partition coefficient (Wildman–Crippen LogP) is 2.91. The Morgan fingerprint density at radius 2 is 1.96 bits per heavy atom. The van der Waals surface area contributed by atoms with E-state index in [1.165, 1.54) is 23.2 Å². The first kappa shape index (κ1) is 16.3. The predicted molar refractivity (Wildman–Crippen MR) is 92.9 cm³/mol. The van der Waals surface area contributed by atoms with E-state index in [0.717, 1.165) is 45.6 Å². The quantitative estimate of drug-likeness (QED) is 0.859. The zero-order chi connectivity index (χ0) is 16.2. The molecule has 4 nitrogen and oxygen atoms in total. The number of ether oxygens (including phenoxy) is 1. The Labute approximate surface area is 139 Å². The molecule has 0 bridgehead atoms. The number of rotatable bonds is 3. The molecular weight excluding hydrogens is 288 g/mol.